The van der Waals surface area contributed by atoms with Crippen LogP contribution < -0.4 is 5.32 Å². The Bertz CT molecular complexity index is 274. The van der Waals surface area contributed by atoms with E-state index in [1.54, 1.807) is 0 Å². The topological polar surface area (TPSA) is 35.6 Å². The summed E-state index contributed by atoms with van der Waals surface area (Å²) in [5.41, 5.74) is 0. The number of piperazine rings is 1. The minimum Gasteiger partial charge on any atom is -0.342 e. The second-order valence-electron chi connectivity index (χ2n) is 6.14. The largest absolute Gasteiger partial charge is 0.342 e. The number of hydrogen-bond donors (Lipinski definition) is 1. The normalized spacial score (nSPS) is 26.3. The number of amides is 1. The van der Waals surface area contributed by atoms with Crippen molar-refractivity contribution in [3.63, 3.8) is 0 Å². The minimum atomic E-state index is 0.371. The second-order valence-corrected chi connectivity index (χ2v) is 6.14. The third kappa shape index (κ3) is 3.95. The molecule has 2 rings (SSSR count). The lowest BCUT2D eigenvalue weighted by atomic mass is 10.1. The van der Waals surface area contributed by atoms with Gasteiger partial charge in [0.15, 0.2) is 0 Å². The van der Waals surface area contributed by atoms with Crippen molar-refractivity contribution in [3.05, 3.63) is 0 Å². The first-order valence-corrected chi connectivity index (χ1v) is 7.36. The van der Waals surface area contributed by atoms with Crippen molar-refractivity contribution in [2.45, 2.75) is 26.7 Å². The summed E-state index contributed by atoms with van der Waals surface area (Å²) in [5, 5.41) is 3.37. The Morgan fingerprint density at radius 1 is 1.33 bits per heavy atom. The molecule has 4 heteroatoms. The van der Waals surface area contributed by atoms with Gasteiger partial charge in [-0.15, -0.1) is 0 Å². The number of carbonyl (C=O) groups is 1. The maximum Gasteiger partial charge on any atom is 0.222 e. The van der Waals surface area contributed by atoms with Crippen molar-refractivity contribution in [2.75, 3.05) is 45.8 Å². The molecule has 2 fully saturated rings. The Morgan fingerprint density at radius 2 is 2.06 bits per heavy atom. The van der Waals surface area contributed by atoms with E-state index < -0.39 is 0 Å². The smallest absolute Gasteiger partial charge is 0.222 e. The second kappa shape index (κ2) is 6.53. The van der Waals surface area contributed by atoms with E-state index in [1.807, 2.05) is 0 Å². The van der Waals surface area contributed by atoms with Crippen molar-refractivity contribution < 1.29 is 4.79 Å². The molecule has 2 saturated heterocycles. The lowest BCUT2D eigenvalue weighted by Gasteiger charge is -2.29. The fraction of sp³-hybridized carbons (Fsp3) is 0.929. The summed E-state index contributed by atoms with van der Waals surface area (Å²) in [6.45, 7) is 11.9. The molecule has 0 bridgehead atoms. The zero-order valence-electron chi connectivity index (χ0n) is 11.8. The van der Waals surface area contributed by atoms with Crippen molar-refractivity contribution in [3.8, 4) is 0 Å². The van der Waals surface area contributed by atoms with E-state index in [0.717, 1.165) is 58.7 Å². The Balaban J connectivity index is 1.73. The summed E-state index contributed by atoms with van der Waals surface area (Å²) in [7, 11) is 0. The van der Waals surface area contributed by atoms with Gasteiger partial charge < -0.3 is 15.1 Å². The third-order valence-corrected chi connectivity index (χ3v) is 4.00. The van der Waals surface area contributed by atoms with Gasteiger partial charge in [-0.05, 0) is 18.3 Å². The van der Waals surface area contributed by atoms with E-state index in [9.17, 15) is 4.79 Å². The fourth-order valence-electron chi connectivity index (χ4n) is 2.87. The van der Waals surface area contributed by atoms with Crippen LogP contribution in [0.3, 0.4) is 0 Å². The SMILES string of the molecule is CC(C)CCN1CC(CN2CCNCC2)CC1=O. The molecule has 18 heavy (non-hydrogen) atoms. The Kier molecular flexibility index (Phi) is 5.01. The molecule has 0 aromatic carbocycles. The zero-order valence-corrected chi connectivity index (χ0v) is 11.8. The van der Waals surface area contributed by atoms with Gasteiger partial charge >= 0.3 is 0 Å². The summed E-state index contributed by atoms with van der Waals surface area (Å²) in [6.07, 6.45) is 1.90. The van der Waals surface area contributed by atoms with Gasteiger partial charge in [0.05, 0.1) is 0 Å². The number of likely N-dealkylation sites (tertiary alicyclic amines) is 1. The number of carbonyl (C=O) groups excluding carboxylic acids is 1. The summed E-state index contributed by atoms with van der Waals surface area (Å²) in [5.74, 6) is 1.61. The molecule has 104 valence electrons. The molecule has 2 aliphatic rings. The zero-order chi connectivity index (χ0) is 13.0. The lowest BCUT2D eigenvalue weighted by Crippen LogP contribution is -2.45. The molecule has 1 atom stereocenters. The molecule has 0 aromatic heterocycles. The highest BCUT2D eigenvalue weighted by molar-refractivity contribution is 5.78. The van der Waals surface area contributed by atoms with Gasteiger partial charge in [-0.2, -0.15) is 0 Å². The Morgan fingerprint density at radius 3 is 2.72 bits per heavy atom. The molecule has 0 spiro atoms. The number of nitrogens with zero attached hydrogens (tertiary/aromatic N) is 2. The quantitative estimate of drug-likeness (QED) is 0.787. The Labute approximate surface area is 111 Å². The van der Waals surface area contributed by atoms with Gasteiger partial charge in [0, 0.05) is 52.2 Å². The first kappa shape index (κ1) is 13.8. The lowest BCUT2D eigenvalue weighted by molar-refractivity contribution is -0.127. The van der Waals surface area contributed by atoms with Crippen molar-refractivity contribution in [1.82, 2.24) is 15.1 Å². The predicted octanol–water partition coefficient (Wildman–Crippen LogP) is 0.786. The van der Waals surface area contributed by atoms with Crippen LogP contribution in [0.15, 0.2) is 0 Å². The summed E-state index contributed by atoms with van der Waals surface area (Å²) < 4.78 is 0. The van der Waals surface area contributed by atoms with Crippen molar-refractivity contribution >= 4 is 5.91 Å². The summed E-state index contributed by atoms with van der Waals surface area (Å²) in [6, 6.07) is 0. The Hall–Kier alpha value is -0.610. The highest BCUT2D eigenvalue weighted by Crippen LogP contribution is 2.20. The van der Waals surface area contributed by atoms with Crippen LogP contribution in [0, 0.1) is 11.8 Å². The first-order valence-electron chi connectivity index (χ1n) is 7.36. The molecule has 1 N–H and O–H groups in total. The van der Waals surface area contributed by atoms with E-state index >= 15 is 0 Å². The van der Waals surface area contributed by atoms with Crippen molar-refractivity contribution in [1.29, 1.82) is 0 Å². The monoisotopic (exact) mass is 253 g/mol. The molecule has 0 saturated carbocycles. The molecule has 4 nitrogen and oxygen atoms in total. The summed E-state index contributed by atoms with van der Waals surface area (Å²) in [4.78, 5) is 16.5. The maximum atomic E-state index is 11.9. The third-order valence-electron chi connectivity index (χ3n) is 4.00. The molecular weight excluding hydrogens is 226 g/mol. The van der Waals surface area contributed by atoms with Gasteiger partial charge in [0.25, 0.3) is 0 Å². The standard InChI is InChI=1S/C14H27N3O/c1-12(2)3-6-17-11-13(9-14(17)18)10-16-7-4-15-5-8-16/h12-13,15H,3-11H2,1-2H3. The fourth-order valence-corrected chi connectivity index (χ4v) is 2.87. The summed E-state index contributed by atoms with van der Waals surface area (Å²) >= 11 is 0. The van der Waals surface area contributed by atoms with Crippen molar-refractivity contribution in [2.24, 2.45) is 11.8 Å². The molecule has 0 aromatic rings. The molecule has 1 unspecified atom stereocenters. The number of nitrogens with one attached hydrogen (secondary N) is 1. The maximum absolute atomic E-state index is 11.9. The number of hydrogen-bond acceptors (Lipinski definition) is 3. The van der Waals surface area contributed by atoms with Gasteiger partial charge in [-0.25, -0.2) is 0 Å². The van der Waals surface area contributed by atoms with E-state index in [2.05, 4.69) is 29.0 Å². The van der Waals surface area contributed by atoms with E-state index in [-0.39, 0.29) is 0 Å². The average molecular weight is 253 g/mol. The molecule has 2 aliphatic heterocycles. The van der Waals surface area contributed by atoms with Crippen LogP contribution in [0.25, 0.3) is 0 Å². The molecule has 1 amide bonds. The van der Waals surface area contributed by atoms with Crippen LogP contribution in [0.4, 0.5) is 0 Å². The van der Waals surface area contributed by atoms with E-state index in [1.165, 1.54) is 0 Å². The molecular formula is C14H27N3O. The minimum absolute atomic E-state index is 0.371. The highest BCUT2D eigenvalue weighted by Gasteiger charge is 2.30. The number of rotatable bonds is 5. The predicted molar refractivity (Wildman–Crippen MR) is 73.5 cm³/mol. The van der Waals surface area contributed by atoms with Crippen LogP contribution in [0.5, 0.6) is 0 Å². The van der Waals surface area contributed by atoms with Gasteiger partial charge in [-0.1, -0.05) is 13.8 Å². The molecule has 2 heterocycles. The van der Waals surface area contributed by atoms with Crippen LogP contribution >= 0.6 is 0 Å². The van der Waals surface area contributed by atoms with Crippen LogP contribution in [0.2, 0.25) is 0 Å². The van der Waals surface area contributed by atoms with Crippen LogP contribution in [-0.4, -0.2) is 61.5 Å². The van der Waals surface area contributed by atoms with Gasteiger partial charge in [0.1, 0.15) is 0 Å². The van der Waals surface area contributed by atoms with Crippen LogP contribution in [0.1, 0.15) is 26.7 Å². The van der Waals surface area contributed by atoms with Crippen LogP contribution in [-0.2, 0) is 4.79 Å². The first-order chi connectivity index (χ1) is 8.65. The molecule has 0 radical (unpaired) electrons. The van der Waals surface area contributed by atoms with Gasteiger partial charge in [0.2, 0.25) is 5.91 Å². The van der Waals surface area contributed by atoms with E-state index in [4.69, 9.17) is 0 Å². The molecule has 0 aliphatic carbocycles. The highest BCUT2D eigenvalue weighted by atomic mass is 16.2. The average Bonchev–Trinajstić information content (AvgIpc) is 2.68. The van der Waals surface area contributed by atoms with Gasteiger partial charge in [-0.3, -0.25) is 4.79 Å². The van der Waals surface area contributed by atoms with E-state index in [0.29, 0.717) is 17.7 Å².